The average Bonchev–Trinajstić information content (AvgIpc) is 2.28. The summed E-state index contributed by atoms with van der Waals surface area (Å²) in [6.45, 7) is 6.76. The van der Waals surface area contributed by atoms with Crippen molar-refractivity contribution in [3.05, 3.63) is 29.8 Å². The fourth-order valence-corrected chi connectivity index (χ4v) is 2.47. The summed E-state index contributed by atoms with van der Waals surface area (Å²) in [6, 6.07) is 7.36. The summed E-state index contributed by atoms with van der Waals surface area (Å²) >= 11 is 0. The van der Waals surface area contributed by atoms with Gasteiger partial charge < -0.3 is 5.32 Å². The Labute approximate surface area is 103 Å². The average molecular weight is 256 g/mol. The van der Waals surface area contributed by atoms with Crippen molar-refractivity contribution in [2.75, 3.05) is 17.8 Å². The van der Waals surface area contributed by atoms with Gasteiger partial charge in [0.25, 0.3) is 0 Å². The van der Waals surface area contributed by atoms with Crippen LogP contribution in [-0.2, 0) is 10.0 Å². The normalized spacial score (nSPS) is 13.4. The zero-order valence-electron chi connectivity index (χ0n) is 10.5. The fraction of sp³-hybridized carbons (Fsp3) is 0.500. The van der Waals surface area contributed by atoms with Crippen LogP contribution < -0.4 is 10.0 Å². The molecule has 0 bridgehead atoms. The van der Waals surface area contributed by atoms with Crippen molar-refractivity contribution in [1.29, 1.82) is 0 Å². The zero-order valence-corrected chi connectivity index (χ0v) is 11.3. The lowest BCUT2D eigenvalue weighted by atomic mass is 10.2. The lowest BCUT2D eigenvalue weighted by Gasteiger charge is -2.16. The number of hydrogen-bond acceptors (Lipinski definition) is 3. The summed E-state index contributed by atoms with van der Waals surface area (Å²) in [6.07, 6.45) is 0. The first kappa shape index (κ1) is 14.0. The molecule has 96 valence electrons. The van der Waals surface area contributed by atoms with Crippen LogP contribution in [0, 0.1) is 6.92 Å². The minimum Gasteiger partial charge on any atom is -0.316 e. The Hall–Kier alpha value is -1.07. The third kappa shape index (κ3) is 4.02. The topological polar surface area (TPSA) is 58.2 Å². The number of para-hydroxylation sites is 1. The summed E-state index contributed by atoms with van der Waals surface area (Å²) in [5, 5.41) is 2.58. The van der Waals surface area contributed by atoms with Gasteiger partial charge in [-0.15, -0.1) is 0 Å². The van der Waals surface area contributed by atoms with E-state index in [1.54, 1.807) is 13.0 Å². The quantitative estimate of drug-likeness (QED) is 0.815. The van der Waals surface area contributed by atoms with Crippen molar-refractivity contribution in [3.63, 3.8) is 0 Å². The highest BCUT2D eigenvalue weighted by molar-refractivity contribution is 7.93. The lowest BCUT2D eigenvalue weighted by molar-refractivity contribution is 0.579. The molecule has 5 heteroatoms. The molecule has 0 radical (unpaired) electrons. The van der Waals surface area contributed by atoms with E-state index < -0.39 is 15.3 Å². The maximum absolute atomic E-state index is 12.0. The van der Waals surface area contributed by atoms with Crippen molar-refractivity contribution in [2.45, 2.75) is 26.0 Å². The molecular formula is C12H20N2O2S. The Balaban J connectivity index is 2.76. The van der Waals surface area contributed by atoms with E-state index in [1.165, 1.54) is 0 Å². The van der Waals surface area contributed by atoms with Crippen LogP contribution in [0.5, 0.6) is 0 Å². The molecule has 1 aromatic rings. The Kier molecular flexibility index (Phi) is 4.96. The highest BCUT2D eigenvalue weighted by Crippen LogP contribution is 2.16. The predicted molar refractivity (Wildman–Crippen MR) is 71.7 cm³/mol. The summed E-state index contributed by atoms with van der Waals surface area (Å²) < 4.78 is 26.6. The van der Waals surface area contributed by atoms with E-state index in [2.05, 4.69) is 10.0 Å². The molecule has 0 aliphatic heterocycles. The van der Waals surface area contributed by atoms with Crippen LogP contribution >= 0.6 is 0 Å². The molecule has 0 fully saturated rings. The molecule has 17 heavy (non-hydrogen) atoms. The van der Waals surface area contributed by atoms with Gasteiger partial charge in [-0.05, 0) is 32.0 Å². The van der Waals surface area contributed by atoms with E-state index in [-0.39, 0.29) is 0 Å². The maximum Gasteiger partial charge on any atom is 0.236 e. The summed E-state index contributed by atoms with van der Waals surface area (Å²) in [4.78, 5) is 0. The van der Waals surface area contributed by atoms with Gasteiger partial charge in [0.05, 0.1) is 10.9 Å². The van der Waals surface area contributed by atoms with E-state index in [0.717, 1.165) is 12.1 Å². The Morgan fingerprint density at radius 2 is 1.94 bits per heavy atom. The number of benzene rings is 1. The highest BCUT2D eigenvalue weighted by Gasteiger charge is 2.20. The molecule has 0 saturated carbocycles. The smallest absolute Gasteiger partial charge is 0.236 e. The second-order valence-corrected chi connectivity index (χ2v) is 6.18. The number of anilines is 1. The number of sulfonamides is 1. The molecule has 4 nitrogen and oxygen atoms in total. The van der Waals surface area contributed by atoms with E-state index in [9.17, 15) is 8.42 Å². The second-order valence-electron chi connectivity index (χ2n) is 4.08. The number of aryl methyl sites for hydroxylation is 1. The van der Waals surface area contributed by atoms with Gasteiger partial charge in [0.15, 0.2) is 0 Å². The Morgan fingerprint density at radius 3 is 2.53 bits per heavy atom. The molecule has 0 amide bonds. The van der Waals surface area contributed by atoms with E-state index in [0.29, 0.717) is 12.2 Å². The van der Waals surface area contributed by atoms with E-state index in [4.69, 9.17) is 0 Å². The summed E-state index contributed by atoms with van der Waals surface area (Å²) in [5.74, 6) is 0. The molecule has 1 atom stereocenters. The molecule has 1 unspecified atom stereocenters. The van der Waals surface area contributed by atoms with Crippen LogP contribution in [0.4, 0.5) is 5.69 Å². The van der Waals surface area contributed by atoms with Gasteiger partial charge in [-0.25, -0.2) is 8.42 Å². The monoisotopic (exact) mass is 256 g/mol. The van der Waals surface area contributed by atoms with Crippen LogP contribution in [0.3, 0.4) is 0 Å². The highest BCUT2D eigenvalue weighted by atomic mass is 32.2. The van der Waals surface area contributed by atoms with Gasteiger partial charge in [0.1, 0.15) is 0 Å². The third-order valence-corrected chi connectivity index (χ3v) is 4.34. The third-order valence-electron chi connectivity index (χ3n) is 2.61. The van der Waals surface area contributed by atoms with Crippen molar-refractivity contribution in [1.82, 2.24) is 5.32 Å². The molecule has 0 aliphatic rings. The molecular weight excluding hydrogens is 236 g/mol. The maximum atomic E-state index is 12.0. The minimum absolute atomic E-state index is 0.456. The molecule has 0 heterocycles. The second kappa shape index (κ2) is 6.02. The number of hydrogen-bond donors (Lipinski definition) is 2. The van der Waals surface area contributed by atoms with Crippen molar-refractivity contribution in [3.8, 4) is 0 Å². The fourth-order valence-electron chi connectivity index (χ4n) is 1.40. The molecule has 0 spiro atoms. The Bertz CT molecular complexity index is 457. The minimum atomic E-state index is -3.32. The standard InChI is InChI=1S/C12H20N2O2S/c1-4-13-9-11(3)17(15,16)14-12-8-6-5-7-10(12)2/h5-8,11,13-14H,4,9H2,1-3H3. The molecule has 2 N–H and O–H groups in total. The number of rotatable bonds is 6. The molecule has 0 aliphatic carbocycles. The number of nitrogens with one attached hydrogen (secondary N) is 2. The molecule has 0 saturated heterocycles. The molecule has 0 aromatic heterocycles. The van der Waals surface area contributed by atoms with Crippen LogP contribution in [0.2, 0.25) is 0 Å². The largest absolute Gasteiger partial charge is 0.316 e. The van der Waals surface area contributed by atoms with Gasteiger partial charge in [0.2, 0.25) is 10.0 Å². The van der Waals surface area contributed by atoms with E-state index >= 15 is 0 Å². The van der Waals surface area contributed by atoms with Crippen LogP contribution in [-0.4, -0.2) is 26.8 Å². The zero-order chi connectivity index (χ0) is 12.9. The first-order valence-corrected chi connectivity index (χ1v) is 7.30. The lowest BCUT2D eigenvalue weighted by Crippen LogP contribution is -2.34. The van der Waals surface area contributed by atoms with Crippen molar-refractivity contribution in [2.24, 2.45) is 0 Å². The van der Waals surface area contributed by atoms with Crippen LogP contribution in [0.15, 0.2) is 24.3 Å². The first-order valence-electron chi connectivity index (χ1n) is 5.75. The van der Waals surface area contributed by atoms with Crippen LogP contribution in [0.1, 0.15) is 19.4 Å². The Morgan fingerprint density at radius 1 is 1.29 bits per heavy atom. The van der Waals surface area contributed by atoms with E-state index in [1.807, 2.05) is 32.0 Å². The van der Waals surface area contributed by atoms with Gasteiger partial charge in [-0.2, -0.15) is 0 Å². The van der Waals surface area contributed by atoms with Gasteiger partial charge in [0, 0.05) is 6.54 Å². The van der Waals surface area contributed by atoms with Gasteiger partial charge in [-0.1, -0.05) is 25.1 Å². The van der Waals surface area contributed by atoms with Gasteiger partial charge >= 0.3 is 0 Å². The SMILES string of the molecule is CCNCC(C)S(=O)(=O)Nc1ccccc1C. The molecule has 1 aromatic carbocycles. The first-order chi connectivity index (χ1) is 7.97. The predicted octanol–water partition coefficient (Wildman–Crippen LogP) is 1.73. The summed E-state index contributed by atoms with van der Waals surface area (Å²) in [5.41, 5.74) is 1.57. The molecule has 1 rings (SSSR count). The van der Waals surface area contributed by atoms with Crippen molar-refractivity contribution >= 4 is 15.7 Å². The van der Waals surface area contributed by atoms with Crippen molar-refractivity contribution < 1.29 is 8.42 Å². The van der Waals surface area contributed by atoms with Crippen LogP contribution in [0.25, 0.3) is 0 Å². The van der Waals surface area contributed by atoms with Gasteiger partial charge in [-0.3, -0.25) is 4.72 Å². The summed E-state index contributed by atoms with van der Waals surface area (Å²) in [7, 11) is -3.32.